The summed E-state index contributed by atoms with van der Waals surface area (Å²) in [7, 11) is 0. The number of carbonyl (C=O) groups excluding carboxylic acids is 1. The van der Waals surface area contributed by atoms with Crippen LogP contribution in [0.4, 0.5) is 18.0 Å². The summed E-state index contributed by atoms with van der Waals surface area (Å²) in [6.07, 6.45) is -4.20. The van der Waals surface area contributed by atoms with E-state index in [2.05, 4.69) is 10.6 Å². The molecule has 2 amide bonds. The van der Waals surface area contributed by atoms with Gasteiger partial charge in [-0.3, -0.25) is 0 Å². The Kier molecular flexibility index (Phi) is 5.73. The number of hydrogen-bond donors (Lipinski definition) is 2. The molecule has 0 bridgehead atoms. The first kappa shape index (κ1) is 18.9. The summed E-state index contributed by atoms with van der Waals surface area (Å²) >= 11 is 0. The van der Waals surface area contributed by atoms with E-state index in [1.807, 2.05) is 18.2 Å². The number of amides is 2. The van der Waals surface area contributed by atoms with Crippen LogP contribution in [0, 0.1) is 0 Å². The van der Waals surface area contributed by atoms with E-state index in [0.717, 1.165) is 12.1 Å². The molecule has 2 aromatic carbocycles. The minimum Gasteiger partial charge on any atom is -0.486 e. The summed E-state index contributed by atoms with van der Waals surface area (Å²) in [4.78, 5) is 11.8. The highest BCUT2D eigenvalue weighted by atomic mass is 19.4. The molecular weight excluding hydrogens is 361 g/mol. The molecule has 1 aliphatic heterocycles. The smallest absolute Gasteiger partial charge is 0.416 e. The molecule has 1 aliphatic rings. The lowest BCUT2D eigenvalue weighted by atomic mass is 10.1. The molecule has 27 heavy (non-hydrogen) atoms. The number of carbonyl (C=O) groups is 1. The number of urea groups is 1. The van der Waals surface area contributed by atoms with Crippen molar-refractivity contribution in [2.75, 3.05) is 19.7 Å². The molecule has 2 N–H and O–H groups in total. The van der Waals surface area contributed by atoms with Gasteiger partial charge in [0.2, 0.25) is 0 Å². The molecule has 0 saturated carbocycles. The average molecular weight is 380 g/mol. The van der Waals surface area contributed by atoms with Gasteiger partial charge in [0.25, 0.3) is 0 Å². The van der Waals surface area contributed by atoms with Gasteiger partial charge in [0.05, 0.1) is 12.1 Å². The van der Waals surface area contributed by atoms with Crippen molar-refractivity contribution in [2.45, 2.75) is 18.7 Å². The van der Waals surface area contributed by atoms with E-state index in [0.29, 0.717) is 36.6 Å². The van der Waals surface area contributed by atoms with Crippen molar-refractivity contribution >= 4 is 6.03 Å². The van der Waals surface area contributed by atoms with Crippen LogP contribution in [0.5, 0.6) is 11.5 Å². The summed E-state index contributed by atoms with van der Waals surface area (Å²) in [6.45, 7) is 0.922. The van der Waals surface area contributed by atoms with Gasteiger partial charge in [-0.1, -0.05) is 24.3 Å². The van der Waals surface area contributed by atoms with E-state index >= 15 is 0 Å². The molecule has 0 aliphatic carbocycles. The molecule has 0 fully saturated rings. The first-order chi connectivity index (χ1) is 12.9. The van der Waals surface area contributed by atoms with Crippen LogP contribution < -0.4 is 20.1 Å². The van der Waals surface area contributed by atoms with Crippen molar-refractivity contribution in [1.82, 2.24) is 10.6 Å². The third kappa shape index (κ3) is 5.29. The number of halogens is 3. The largest absolute Gasteiger partial charge is 0.486 e. The van der Waals surface area contributed by atoms with E-state index in [1.165, 1.54) is 12.1 Å². The Labute approximate surface area is 154 Å². The second-order valence-electron chi connectivity index (χ2n) is 6.08. The minimum absolute atomic E-state index is 0.278. The number of fused-ring (bicyclic) bond motifs is 1. The molecule has 0 saturated heterocycles. The van der Waals surface area contributed by atoms with Gasteiger partial charge in [0.15, 0.2) is 17.6 Å². The Morgan fingerprint density at radius 3 is 2.44 bits per heavy atom. The second-order valence-corrected chi connectivity index (χ2v) is 6.08. The lowest BCUT2D eigenvalue weighted by molar-refractivity contribution is -0.137. The molecule has 0 spiro atoms. The average Bonchev–Trinajstić information content (AvgIpc) is 2.66. The molecule has 1 atom stereocenters. The predicted octanol–water partition coefficient (Wildman–Crippen LogP) is 3.39. The van der Waals surface area contributed by atoms with Crippen molar-refractivity contribution in [1.29, 1.82) is 0 Å². The van der Waals surface area contributed by atoms with E-state index in [9.17, 15) is 18.0 Å². The van der Waals surface area contributed by atoms with Crippen LogP contribution in [-0.2, 0) is 12.6 Å². The topological polar surface area (TPSA) is 59.6 Å². The van der Waals surface area contributed by atoms with Gasteiger partial charge in [-0.25, -0.2) is 4.79 Å². The van der Waals surface area contributed by atoms with Crippen molar-refractivity contribution < 1.29 is 27.4 Å². The van der Waals surface area contributed by atoms with Crippen LogP contribution in [0.2, 0.25) is 0 Å². The summed E-state index contributed by atoms with van der Waals surface area (Å²) < 4.78 is 48.8. The van der Waals surface area contributed by atoms with E-state index in [4.69, 9.17) is 9.47 Å². The van der Waals surface area contributed by atoms with Crippen molar-refractivity contribution in [3.05, 3.63) is 59.7 Å². The summed E-state index contributed by atoms with van der Waals surface area (Å²) in [5.74, 6) is 1.31. The van der Waals surface area contributed by atoms with Crippen molar-refractivity contribution in [3.63, 3.8) is 0 Å². The summed E-state index contributed by atoms with van der Waals surface area (Å²) in [6, 6.07) is 11.8. The maximum atomic E-state index is 12.5. The molecule has 1 heterocycles. The Bertz CT molecular complexity index is 779. The minimum atomic E-state index is -4.35. The van der Waals surface area contributed by atoms with Gasteiger partial charge in [0, 0.05) is 6.54 Å². The molecule has 0 aromatic heterocycles. The molecule has 8 heteroatoms. The maximum Gasteiger partial charge on any atom is 0.416 e. The monoisotopic (exact) mass is 380 g/mol. The third-order valence-electron chi connectivity index (χ3n) is 4.04. The lowest BCUT2D eigenvalue weighted by Gasteiger charge is -2.26. The standard InChI is InChI=1S/C19H19F3N2O3/c20-19(21,22)14-7-5-13(6-8-14)9-10-23-18(25)24-11-15-12-26-16-3-1-2-4-17(16)27-15/h1-8,15H,9-12H2,(H2,23,24,25)/t15-/m1/s1. The van der Waals surface area contributed by atoms with Gasteiger partial charge in [0.1, 0.15) is 6.61 Å². The first-order valence-electron chi connectivity index (χ1n) is 8.48. The van der Waals surface area contributed by atoms with Gasteiger partial charge < -0.3 is 20.1 Å². The van der Waals surface area contributed by atoms with Crippen molar-refractivity contribution in [2.24, 2.45) is 0 Å². The molecule has 5 nitrogen and oxygen atoms in total. The summed E-state index contributed by atoms with van der Waals surface area (Å²) in [5, 5.41) is 5.36. The van der Waals surface area contributed by atoms with Crippen LogP contribution in [0.15, 0.2) is 48.5 Å². The fourth-order valence-electron chi connectivity index (χ4n) is 2.61. The third-order valence-corrected chi connectivity index (χ3v) is 4.04. The Morgan fingerprint density at radius 1 is 1.04 bits per heavy atom. The van der Waals surface area contributed by atoms with E-state index < -0.39 is 11.7 Å². The van der Waals surface area contributed by atoms with Crippen LogP contribution in [0.1, 0.15) is 11.1 Å². The fraction of sp³-hybridized carbons (Fsp3) is 0.316. The number of alkyl halides is 3. The zero-order valence-corrected chi connectivity index (χ0v) is 14.4. The highest BCUT2D eigenvalue weighted by Crippen LogP contribution is 2.30. The van der Waals surface area contributed by atoms with Crippen LogP contribution in [0.25, 0.3) is 0 Å². The Hall–Kier alpha value is -2.90. The molecule has 0 unspecified atom stereocenters. The Morgan fingerprint density at radius 2 is 1.74 bits per heavy atom. The SMILES string of the molecule is O=C(NCCc1ccc(C(F)(F)F)cc1)NC[C@@H]1COc2ccccc2O1. The van der Waals surface area contributed by atoms with E-state index in [1.54, 1.807) is 6.07 Å². The summed E-state index contributed by atoms with van der Waals surface area (Å²) in [5.41, 5.74) is 0.0251. The van der Waals surface area contributed by atoms with Gasteiger partial charge >= 0.3 is 12.2 Å². The molecule has 144 valence electrons. The highest BCUT2D eigenvalue weighted by Gasteiger charge is 2.29. The van der Waals surface area contributed by atoms with Crippen LogP contribution in [0.3, 0.4) is 0 Å². The second kappa shape index (κ2) is 8.20. The number of ether oxygens (including phenoxy) is 2. The van der Waals surface area contributed by atoms with E-state index in [-0.39, 0.29) is 18.7 Å². The quantitative estimate of drug-likeness (QED) is 0.836. The molecule has 3 rings (SSSR count). The number of nitrogens with one attached hydrogen (secondary N) is 2. The molecule has 0 radical (unpaired) electrons. The van der Waals surface area contributed by atoms with Crippen molar-refractivity contribution in [3.8, 4) is 11.5 Å². The fourth-order valence-corrected chi connectivity index (χ4v) is 2.61. The first-order valence-corrected chi connectivity index (χ1v) is 8.48. The predicted molar refractivity (Wildman–Crippen MR) is 92.9 cm³/mol. The maximum absolute atomic E-state index is 12.5. The lowest BCUT2D eigenvalue weighted by Crippen LogP contribution is -2.44. The number of rotatable bonds is 5. The zero-order chi connectivity index (χ0) is 19.3. The highest BCUT2D eigenvalue weighted by molar-refractivity contribution is 5.73. The normalized spacial score (nSPS) is 15.9. The number of para-hydroxylation sites is 2. The van der Waals surface area contributed by atoms with Crippen LogP contribution in [-0.4, -0.2) is 31.8 Å². The Balaban J connectivity index is 1.37. The molecular formula is C19H19F3N2O3. The van der Waals surface area contributed by atoms with Gasteiger partial charge in [-0.2, -0.15) is 13.2 Å². The van der Waals surface area contributed by atoms with Crippen LogP contribution >= 0.6 is 0 Å². The zero-order valence-electron chi connectivity index (χ0n) is 14.4. The number of benzene rings is 2. The number of hydrogen-bond acceptors (Lipinski definition) is 3. The van der Waals surface area contributed by atoms with Gasteiger partial charge in [-0.15, -0.1) is 0 Å². The van der Waals surface area contributed by atoms with Gasteiger partial charge in [-0.05, 0) is 36.2 Å². The molecule has 2 aromatic rings.